The van der Waals surface area contributed by atoms with Crippen molar-refractivity contribution in [2.75, 3.05) is 0 Å². The number of hydrogen-bond acceptors (Lipinski definition) is 3. The van der Waals surface area contributed by atoms with E-state index in [4.69, 9.17) is 14.4 Å². The highest BCUT2D eigenvalue weighted by Crippen LogP contribution is 2.39. The summed E-state index contributed by atoms with van der Waals surface area (Å²) in [5.41, 5.74) is 14.3. The highest BCUT2D eigenvalue weighted by molar-refractivity contribution is 7.04. The molecule has 9 aromatic rings. The van der Waals surface area contributed by atoms with E-state index < -0.39 is 8.07 Å². The average molecular weight is 683 g/mol. The lowest BCUT2D eigenvalue weighted by atomic mass is 9.96. The topological polar surface area (TPSA) is 38.9 Å². The summed E-state index contributed by atoms with van der Waals surface area (Å²) >= 11 is 0. The van der Waals surface area contributed by atoms with Gasteiger partial charge in [-0.3, -0.25) is 0 Å². The van der Waals surface area contributed by atoms with Crippen LogP contribution in [0.4, 0.5) is 0 Å². The first-order valence-electron chi connectivity index (χ1n) is 17.8. The largest absolute Gasteiger partial charge is 0.456 e. The zero-order valence-electron chi connectivity index (χ0n) is 29.0. The molecule has 7 aromatic carbocycles. The number of nitrogens with zero attached hydrogens (tertiary/aromatic N) is 2. The van der Waals surface area contributed by atoms with Crippen molar-refractivity contribution in [3.63, 3.8) is 0 Å². The fourth-order valence-electron chi connectivity index (χ4n) is 8.12. The molecule has 0 saturated carbocycles. The Labute approximate surface area is 303 Å². The Hall–Kier alpha value is -6.36. The van der Waals surface area contributed by atoms with Crippen molar-refractivity contribution in [3.05, 3.63) is 170 Å². The molecule has 0 saturated heterocycles. The van der Waals surface area contributed by atoms with Gasteiger partial charge in [0.05, 0.1) is 11.4 Å². The molecule has 10 rings (SSSR count). The third kappa shape index (κ3) is 4.87. The lowest BCUT2D eigenvalue weighted by Gasteiger charge is -2.22. The standard InChI is InChI=1S/C48H34N2OSi/c1-52(2)43-24-9-7-20-39(43)46-47(52)45(49-48(50-46)40-21-12-23-42-44(40)38-19-6-8-22-41(38)51-42)37-18-11-17-36(30-37)35-16-10-15-34(29-35)33-27-25-32(26-28-33)31-13-4-3-5-14-31/h3-30H,1-2H3. The molecule has 0 N–H and O–H groups in total. The van der Waals surface area contributed by atoms with Crippen LogP contribution < -0.4 is 10.4 Å². The lowest BCUT2D eigenvalue weighted by Crippen LogP contribution is -2.50. The van der Waals surface area contributed by atoms with Crippen molar-refractivity contribution in [1.29, 1.82) is 0 Å². The Morgan fingerprint density at radius 1 is 0.423 bits per heavy atom. The summed E-state index contributed by atoms with van der Waals surface area (Å²) in [6, 6.07) is 60.4. The molecule has 0 fully saturated rings. The van der Waals surface area contributed by atoms with Crippen LogP contribution >= 0.6 is 0 Å². The fourth-order valence-corrected chi connectivity index (χ4v) is 11.3. The second kappa shape index (κ2) is 11.9. The number of hydrogen-bond donors (Lipinski definition) is 0. The molecule has 1 aliphatic heterocycles. The third-order valence-corrected chi connectivity index (χ3v) is 14.2. The number of aromatic nitrogens is 2. The molecule has 0 atom stereocenters. The van der Waals surface area contributed by atoms with Gasteiger partial charge >= 0.3 is 0 Å². The molecule has 2 aromatic heterocycles. The van der Waals surface area contributed by atoms with Crippen LogP contribution in [-0.4, -0.2) is 18.0 Å². The first kappa shape index (κ1) is 30.5. The van der Waals surface area contributed by atoms with Crippen molar-refractivity contribution in [2.45, 2.75) is 13.1 Å². The summed E-state index contributed by atoms with van der Waals surface area (Å²) in [5, 5.41) is 4.83. The molecule has 3 heterocycles. The zero-order valence-corrected chi connectivity index (χ0v) is 30.0. The highest BCUT2D eigenvalue weighted by Gasteiger charge is 2.41. The van der Waals surface area contributed by atoms with E-state index in [1.807, 2.05) is 24.3 Å². The average Bonchev–Trinajstić information content (AvgIpc) is 3.70. The van der Waals surface area contributed by atoms with Gasteiger partial charge in [0.1, 0.15) is 19.2 Å². The van der Waals surface area contributed by atoms with Crippen LogP contribution in [0.2, 0.25) is 13.1 Å². The van der Waals surface area contributed by atoms with Gasteiger partial charge < -0.3 is 4.42 Å². The number of rotatable bonds is 5. The maximum atomic E-state index is 6.30. The molecule has 0 bridgehead atoms. The van der Waals surface area contributed by atoms with Gasteiger partial charge in [-0.25, -0.2) is 9.97 Å². The predicted octanol–water partition coefficient (Wildman–Crippen LogP) is 11.5. The van der Waals surface area contributed by atoms with Gasteiger partial charge in [0.25, 0.3) is 0 Å². The van der Waals surface area contributed by atoms with Gasteiger partial charge in [-0.05, 0) is 73.6 Å². The van der Waals surface area contributed by atoms with Crippen molar-refractivity contribution < 1.29 is 4.42 Å². The Kier molecular flexibility index (Phi) is 6.95. The summed E-state index contributed by atoms with van der Waals surface area (Å²) in [5.74, 6) is 0.721. The molecular formula is C48H34N2OSi. The summed E-state index contributed by atoms with van der Waals surface area (Å²) in [6.07, 6.45) is 0. The molecule has 0 amide bonds. The van der Waals surface area contributed by atoms with Crippen LogP contribution in [0.1, 0.15) is 0 Å². The molecule has 246 valence electrons. The molecule has 0 unspecified atom stereocenters. The Bertz CT molecular complexity index is 2820. The number of furan rings is 1. The zero-order chi connectivity index (χ0) is 34.8. The van der Waals surface area contributed by atoms with Crippen LogP contribution in [0.25, 0.3) is 89.2 Å². The number of para-hydroxylation sites is 1. The SMILES string of the molecule is C[Si]1(C)c2ccccc2-c2nc(-c3cccc4oc5ccccc5c34)nc(-c3cccc(-c4cccc(-c5ccc(-c6ccccc6)cc5)c4)c3)c21. The Balaban J connectivity index is 1.12. The Morgan fingerprint density at radius 2 is 0.942 bits per heavy atom. The van der Waals surface area contributed by atoms with Gasteiger partial charge in [0.15, 0.2) is 5.82 Å². The van der Waals surface area contributed by atoms with Crippen LogP contribution in [0.15, 0.2) is 174 Å². The van der Waals surface area contributed by atoms with E-state index in [2.05, 4.69) is 159 Å². The van der Waals surface area contributed by atoms with Gasteiger partial charge in [-0.1, -0.05) is 159 Å². The first-order chi connectivity index (χ1) is 25.5. The monoisotopic (exact) mass is 682 g/mol. The first-order valence-corrected chi connectivity index (χ1v) is 20.8. The molecule has 0 spiro atoms. The van der Waals surface area contributed by atoms with Crippen molar-refractivity contribution in [2.24, 2.45) is 0 Å². The quantitative estimate of drug-likeness (QED) is 0.170. The van der Waals surface area contributed by atoms with E-state index in [0.717, 1.165) is 55.8 Å². The summed E-state index contributed by atoms with van der Waals surface area (Å²) in [4.78, 5) is 10.9. The lowest BCUT2D eigenvalue weighted by molar-refractivity contribution is 0.669. The van der Waals surface area contributed by atoms with Gasteiger partial charge in [0.2, 0.25) is 0 Å². The maximum absolute atomic E-state index is 6.30. The molecular weight excluding hydrogens is 649 g/mol. The molecule has 1 aliphatic rings. The van der Waals surface area contributed by atoms with Crippen LogP contribution in [-0.2, 0) is 0 Å². The normalized spacial score (nSPS) is 13.0. The second-order valence-electron chi connectivity index (χ2n) is 14.2. The van der Waals surface area contributed by atoms with Crippen LogP contribution in [0.5, 0.6) is 0 Å². The minimum Gasteiger partial charge on any atom is -0.456 e. The predicted molar refractivity (Wildman–Crippen MR) is 219 cm³/mol. The molecule has 0 aliphatic carbocycles. The number of fused-ring (bicyclic) bond motifs is 6. The Morgan fingerprint density at radius 3 is 1.73 bits per heavy atom. The number of benzene rings is 7. The van der Waals surface area contributed by atoms with Gasteiger partial charge in [-0.2, -0.15) is 0 Å². The fraction of sp³-hybridized carbons (Fsp3) is 0.0417. The molecule has 52 heavy (non-hydrogen) atoms. The van der Waals surface area contributed by atoms with Gasteiger partial charge in [0, 0.05) is 21.9 Å². The maximum Gasteiger partial charge on any atom is 0.161 e. The van der Waals surface area contributed by atoms with Crippen molar-refractivity contribution in [1.82, 2.24) is 9.97 Å². The van der Waals surface area contributed by atoms with E-state index in [1.54, 1.807) is 0 Å². The highest BCUT2D eigenvalue weighted by atomic mass is 28.3. The summed E-state index contributed by atoms with van der Waals surface area (Å²) in [7, 11) is -2.14. The third-order valence-electron chi connectivity index (χ3n) is 10.7. The summed E-state index contributed by atoms with van der Waals surface area (Å²) < 4.78 is 6.30. The smallest absolute Gasteiger partial charge is 0.161 e. The molecule has 4 heteroatoms. The van der Waals surface area contributed by atoms with E-state index in [0.29, 0.717) is 0 Å². The molecule has 3 nitrogen and oxygen atoms in total. The van der Waals surface area contributed by atoms with Crippen molar-refractivity contribution >= 4 is 40.4 Å². The van der Waals surface area contributed by atoms with E-state index in [9.17, 15) is 0 Å². The minimum absolute atomic E-state index is 0.721. The molecule has 0 radical (unpaired) electrons. The van der Waals surface area contributed by atoms with E-state index in [1.165, 1.54) is 43.8 Å². The minimum atomic E-state index is -2.14. The van der Waals surface area contributed by atoms with E-state index in [-0.39, 0.29) is 0 Å². The van der Waals surface area contributed by atoms with Crippen LogP contribution in [0, 0.1) is 0 Å². The van der Waals surface area contributed by atoms with Crippen molar-refractivity contribution in [3.8, 4) is 67.3 Å². The van der Waals surface area contributed by atoms with E-state index >= 15 is 0 Å². The van der Waals surface area contributed by atoms with Crippen LogP contribution in [0.3, 0.4) is 0 Å². The van der Waals surface area contributed by atoms with Gasteiger partial charge in [-0.15, -0.1) is 0 Å². The summed E-state index contributed by atoms with van der Waals surface area (Å²) in [6.45, 7) is 4.87. The second-order valence-corrected chi connectivity index (χ2v) is 18.5.